The van der Waals surface area contributed by atoms with Gasteiger partial charge in [0.25, 0.3) is 0 Å². The molecule has 4 heteroatoms. The number of hydrogen-bond donors (Lipinski definition) is 2. The van der Waals surface area contributed by atoms with Crippen molar-refractivity contribution in [3.05, 3.63) is 29.8 Å². The quantitative estimate of drug-likeness (QED) is 0.777. The Kier molecular flexibility index (Phi) is 4.83. The highest BCUT2D eigenvalue weighted by Crippen LogP contribution is 2.22. The first-order valence-corrected chi connectivity index (χ1v) is 5.60. The van der Waals surface area contributed by atoms with Gasteiger partial charge in [-0.05, 0) is 38.4 Å². The second-order valence-electron chi connectivity index (χ2n) is 4.09. The highest BCUT2D eigenvalue weighted by molar-refractivity contribution is 5.15. The highest BCUT2D eigenvalue weighted by atomic mass is 19.1. The zero-order chi connectivity index (χ0) is 12.0. The van der Waals surface area contributed by atoms with E-state index in [1.165, 1.54) is 12.3 Å². The minimum Gasteiger partial charge on any atom is -0.396 e. The van der Waals surface area contributed by atoms with Gasteiger partial charge >= 0.3 is 0 Å². The van der Waals surface area contributed by atoms with Crippen LogP contribution in [-0.4, -0.2) is 23.2 Å². The average Bonchev–Trinajstić information content (AvgIpc) is 2.27. The number of rotatable bonds is 6. The molecular formula is C12H19FN2O. The molecule has 0 aliphatic carbocycles. The molecule has 0 fully saturated rings. The van der Waals surface area contributed by atoms with Gasteiger partial charge < -0.3 is 10.4 Å². The van der Waals surface area contributed by atoms with Crippen LogP contribution in [-0.2, 0) is 5.54 Å². The van der Waals surface area contributed by atoms with Gasteiger partial charge in [0.05, 0.1) is 17.4 Å². The van der Waals surface area contributed by atoms with Crippen LogP contribution in [0.4, 0.5) is 4.39 Å². The van der Waals surface area contributed by atoms with Crippen LogP contribution in [0.25, 0.3) is 0 Å². The van der Waals surface area contributed by atoms with Crippen LogP contribution in [0, 0.1) is 5.82 Å². The standard InChI is InChI=1S/C12H19FN2O/c1-3-7-15-12(2,6-8-16)11-5-4-10(13)9-14-11/h4-5,9,15-16H,3,6-8H2,1-2H3. The molecule has 1 aromatic rings. The summed E-state index contributed by atoms with van der Waals surface area (Å²) in [5.41, 5.74) is 0.370. The Morgan fingerprint density at radius 2 is 2.25 bits per heavy atom. The van der Waals surface area contributed by atoms with Gasteiger partial charge in [-0.2, -0.15) is 0 Å². The minimum absolute atomic E-state index is 0.0757. The Labute approximate surface area is 95.7 Å². The van der Waals surface area contributed by atoms with Gasteiger partial charge in [-0.25, -0.2) is 4.39 Å². The van der Waals surface area contributed by atoms with Crippen molar-refractivity contribution in [1.82, 2.24) is 10.3 Å². The van der Waals surface area contributed by atoms with Gasteiger partial charge in [-0.3, -0.25) is 4.98 Å². The molecule has 1 rings (SSSR count). The molecule has 16 heavy (non-hydrogen) atoms. The molecule has 1 unspecified atom stereocenters. The monoisotopic (exact) mass is 226 g/mol. The first-order chi connectivity index (χ1) is 7.62. The van der Waals surface area contributed by atoms with Crippen molar-refractivity contribution in [3.8, 4) is 0 Å². The topological polar surface area (TPSA) is 45.1 Å². The van der Waals surface area contributed by atoms with E-state index in [9.17, 15) is 4.39 Å². The van der Waals surface area contributed by atoms with Crippen LogP contribution in [0.3, 0.4) is 0 Å². The summed E-state index contributed by atoms with van der Waals surface area (Å²) in [5, 5.41) is 12.4. The Bertz CT molecular complexity index is 315. The maximum Gasteiger partial charge on any atom is 0.141 e. The number of hydrogen-bond acceptors (Lipinski definition) is 3. The Morgan fingerprint density at radius 3 is 2.75 bits per heavy atom. The summed E-state index contributed by atoms with van der Waals surface area (Å²) in [4.78, 5) is 4.07. The van der Waals surface area contributed by atoms with E-state index >= 15 is 0 Å². The number of aromatic nitrogens is 1. The van der Waals surface area contributed by atoms with Crippen molar-refractivity contribution < 1.29 is 9.50 Å². The van der Waals surface area contributed by atoms with Crippen molar-refractivity contribution in [3.63, 3.8) is 0 Å². The lowest BCUT2D eigenvalue weighted by Crippen LogP contribution is -2.41. The summed E-state index contributed by atoms with van der Waals surface area (Å²) in [6.45, 7) is 4.96. The SMILES string of the molecule is CCCNC(C)(CCO)c1ccc(F)cn1. The molecule has 1 atom stereocenters. The normalized spacial score (nSPS) is 14.8. The molecule has 0 aromatic carbocycles. The highest BCUT2D eigenvalue weighted by Gasteiger charge is 2.26. The zero-order valence-corrected chi connectivity index (χ0v) is 9.83. The van der Waals surface area contributed by atoms with Crippen LogP contribution < -0.4 is 5.32 Å². The smallest absolute Gasteiger partial charge is 0.141 e. The molecule has 3 nitrogen and oxygen atoms in total. The van der Waals surface area contributed by atoms with E-state index < -0.39 is 5.54 Å². The first kappa shape index (κ1) is 13.1. The van der Waals surface area contributed by atoms with E-state index in [1.807, 2.05) is 6.92 Å². The molecule has 0 amide bonds. The molecule has 0 spiro atoms. The second kappa shape index (κ2) is 5.92. The van der Waals surface area contributed by atoms with Crippen LogP contribution >= 0.6 is 0 Å². The summed E-state index contributed by atoms with van der Waals surface area (Å²) in [5.74, 6) is -0.342. The Balaban J connectivity index is 2.86. The van der Waals surface area contributed by atoms with Crippen molar-refractivity contribution in [1.29, 1.82) is 0 Å². The number of aliphatic hydroxyl groups is 1. The van der Waals surface area contributed by atoms with Gasteiger partial charge in [0.15, 0.2) is 0 Å². The molecule has 2 N–H and O–H groups in total. The predicted octanol–water partition coefficient (Wildman–Crippen LogP) is 1.82. The molecule has 0 saturated carbocycles. The molecule has 0 radical (unpaired) electrons. The number of aliphatic hydroxyl groups excluding tert-OH is 1. The molecular weight excluding hydrogens is 207 g/mol. The maximum absolute atomic E-state index is 12.8. The largest absolute Gasteiger partial charge is 0.396 e. The van der Waals surface area contributed by atoms with Crippen LogP contribution in [0.15, 0.2) is 18.3 Å². The number of nitrogens with one attached hydrogen (secondary N) is 1. The van der Waals surface area contributed by atoms with Crippen molar-refractivity contribution in [2.24, 2.45) is 0 Å². The second-order valence-corrected chi connectivity index (χ2v) is 4.09. The molecule has 1 heterocycles. The zero-order valence-electron chi connectivity index (χ0n) is 9.83. The average molecular weight is 226 g/mol. The fraction of sp³-hybridized carbons (Fsp3) is 0.583. The van der Waals surface area contributed by atoms with Crippen molar-refractivity contribution in [2.75, 3.05) is 13.2 Å². The summed E-state index contributed by atoms with van der Waals surface area (Å²) in [6, 6.07) is 3.05. The van der Waals surface area contributed by atoms with E-state index in [4.69, 9.17) is 5.11 Å². The van der Waals surface area contributed by atoms with E-state index in [0.717, 1.165) is 18.7 Å². The summed E-state index contributed by atoms with van der Waals surface area (Å²) < 4.78 is 12.8. The van der Waals surface area contributed by atoms with E-state index in [0.29, 0.717) is 6.42 Å². The molecule has 0 aliphatic rings. The third-order valence-electron chi connectivity index (χ3n) is 2.67. The number of halogens is 1. The molecule has 0 aliphatic heterocycles. The fourth-order valence-electron chi connectivity index (χ4n) is 1.63. The number of pyridine rings is 1. The molecule has 90 valence electrons. The summed E-state index contributed by atoms with van der Waals surface area (Å²) in [6.07, 6.45) is 2.77. The van der Waals surface area contributed by atoms with Gasteiger partial charge in [-0.15, -0.1) is 0 Å². The van der Waals surface area contributed by atoms with Crippen LogP contribution in [0.2, 0.25) is 0 Å². The van der Waals surface area contributed by atoms with E-state index in [2.05, 4.69) is 17.2 Å². The molecule has 1 aromatic heterocycles. The van der Waals surface area contributed by atoms with Crippen molar-refractivity contribution >= 4 is 0 Å². The van der Waals surface area contributed by atoms with Gasteiger partial charge in [0.2, 0.25) is 0 Å². The first-order valence-electron chi connectivity index (χ1n) is 5.60. The van der Waals surface area contributed by atoms with E-state index in [1.54, 1.807) is 6.07 Å². The lowest BCUT2D eigenvalue weighted by atomic mass is 9.93. The minimum atomic E-state index is -0.390. The maximum atomic E-state index is 12.8. The van der Waals surface area contributed by atoms with Crippen LogP contribution in [0.1, 0.15) is 32.4 Å². The van der Waals surface area contributed by atoms with Gasteiger partial charge in [0, 0.05) is 6.61 Å². The van der Waals surface area contributed by atoms with E-state index in [-0.39, 0.29) is 12.4 Å². The van der Waals surface area contributed by atoms with Gasteiger partial charge in [0.1, 0.15) is 5.82 Å². The third kappa shape index (κ3) is 3.25. The van der Waals surface area contributed by atoms with Crippen LogP contribution in [0.5, 0.6) is 0 Å². The summed E-state index contributed by atoms with van der Waals surface area (Å²) in [7, 11) is 0. The third-order valence-corrected chi connectivity index (χ3v) is 2.67. The van der Waals surface area contributed by atoms with Gasteiger partial charge in [-0.1, -0.05) is 6.92 Å². The predicted molar refractivity (Wildman–Crippen MR) is 61.5 cm³/mol. The fourth-order valence-corrected chi connectivity index (χ4v) is 1.63. The number of nitrogens with zero attached hydrogens (tertiary/aromatic N) is 1. The molecule has 0 bridgehead atoms. The lowest BCUT2D eigenvalue weighted by Gasteiger charge is -2.29. The van der Waals surface area contributed by atoms with Crippen molar-refractivity contribution in [2.45, 2.75) is 32.2 Å². The Morgan fingerprint density at radius 1 is 1.50 bits per heavy atom. The Hall–Kier alpha value is -1.00. The molecule has 0 saturated heterocycles. The lowest BCUT2D eigenvalue weighted by molar-refractivity contribution is 0.218. The summed E-state index contributed by atoms with van der Waals surface area (Å²) >= 11 is 0.